The van der Waals surface area contributed by atoms with Crippen molar-refractivity contribution in [2.75, 3.05) is 39.4 Å². The van der Waals surface area contributed by atoms with Crippen LogP contribution in [0.25, 0.3) is 0 Å². The van der Waals surface area contributed by atoms with E-state index in [1.807, 2.05) is 0 Å². The number of ether oxygens (including phenoxy) is 1. The monoisotopic (exact) mass is 256 g/mol. The summed E-state index contributed by atoms with van der Waals surface area (Å²) >= 11 is 0. The van der Waals surface area contributed by atoms with E-state index >= 15 is 0 Å². The lowest BCUT2D eigenvalue weighted by molar-refractivity contribution is -0.0143. The molecule has 0 amide bonds. The quantitative estimate of drug-likeness (QED) is 0.686. The fraction of sp³-hybridized carbons (Fsp3) is 1.00. The predicted octanol–water partition coefficient (Wildman–Crippen LogP) is 2.51. The van der Waals surface area contributed by atoms with Crippen LogP contribution in [0.2, 0.25) is 0 Å². The minimum Gasteiger partial charge on any atom is -0.378 e. The van der Waals surface area contributed by atoms with Crippen LogP contribution < -0.4 is 5.32 Å². The summed E-state index contributed by atoms with van der Waals surface area (Å²) in [6.45, 7) is 13.1. The van der Waals surface area contributed by atoms with Gasteiger partial charge < -0.3 is 10.1 Å². The molecule has 0 bridgehead atoms. The molecular formula is C15H32N2O. The molecule has 0 aromatic rings. The Balaban J connectivity index is 2.38. The van der Waals surface area contributed by atoms with Gasteiger partial charge in [-0.25, -0.2) is 0 Å². The lowest BCUT2D eigenvalue weighted by Crippen LogP contribution is -2.51. The van der Waals surface area contributed by atoms with Gasteiger partial charge in [0, 0.05) is 25.7 Å². The van der Waals surface area contributed by atoms with Crippen LogP contribution in [0.5, 0.6) is 0 Å². The van der Waals surface area contributed by atoms with Gasteiger partial charge in [-0.3, -0.25) is 4.90 Å². The number of hydrogen-bond acceptors (Lipinski definition) is 3. The predicted molar refractivity (Wildman–Crippen MR) is 78.0 cm³/mol. The van der Waals surface area contributed by atoms with Crippen LogP contribution in [0, 0.1) is 5.92 Å². The Bertz CT molecular complexity index is 199. The molecule has 0 radical (unpaired) electrons. The van der Waals surface area contributed by atoms with Crippen LogP contribution in [-0.4, -0.2) is 50.3 Å². The summed E-state index contributed by atoms with van der Waals surface area (Å²) in [5, 5.41) is 3.46. The summed E-state index contributed by atoms with van der Waals surface area (Å²) in [4.78, 5) is 2.65. The van der Waals surface area contributed by atoms with Crippen LogP contribution in [-0.2, 0) is 4.74 Å². The van der Waals surface area contributed by atoms with Gasteiger partial charge in [0.05, 0.1) is 13.2 Å². The Kier molecular flexibility index (Phi) is 8.64. The molecule has 0 aromatic carbocycles. The van der Waals surface area contributed by atoms with Gasteiger partial charge in [0.15, 0.2) is 0 Å². The van der Waals surface area contributed by atoms with Gasteiger partial charge in [-0.1, -0.05) is 40.0 Å². The van der Waals surface area contributed by atoms with Gasteiger partial charge >= 0.3 is 0 Å². The second kappa shape index (κ2) is 9.76. The summed E-state index contributed by atoms with van der Waals surface area (Å²) < 4.78 is 5.62. The van der Waals surface area contributed by atoms with E-state index in [4.69, 9.17) is 4.74 Å². The van der Waals surface area contributed by atoms with E-state index in [2.05, 4.69) is 31.0 Å². The molecule has 18 heavy (non-hydrogen) atoms. The first-order chi connectivity index (χ1) is 8.81. The second-order valence-corrected chi connectivity index (χ2v) is 5.45. The molecule has 1 aliphatic rings. The summed E-state index contributed by atoms with van der Waals surface area (Å²) in [7, 11) is 0. The molecule has 1 heterocycles. The highest BCUT2D eigenvalue weighted by Gasteiger charge is 2.24. The van der Waals surface area contributed by atoms with Gasteiger partial charge in [0.2, 0.25) is 0 Å². The van der Waals surface area contributed by atoms with Crippen molar-refractivity contribution in [1.82, 2.24) is 10.2 Å². The molecule has 0 aromatic heterocycles. The van der Waals surface area contributed by atoms with Crippen LogP contribution in [0.4, 0.5) is 0 Å². The third-order valence-electron chi connectivity index (χ3n) is 4.02. The first kappa shape index (κ1) is 15.9. The normalized spacial score (nSPS) is 23.2. The van der Waals surface area contributed by atoms with Gasteiger partial charge in [-0.05, 0) is 18.9 Å². The Labute approximate surface area is 113 Å². The highest BCUT2D eigenvalue weighted by Crippen LogP contribution is 2.17. The fourth-order valence-corrected chi connectivity index (χ4v) is 2.68. The number of morpholine rings is 1. The summed E-state index contributed by atoms with van der Waals surface area (Å²) in [5.74, 6) is 0.868. The number of nitrogens with zero attached hydrogens (tertiary/aromatic N) is 1. The van der Waals surface area contributed by atoms with E-state index in [1.54, 1.807) is 0 Å². The summed E-state index contributed by atoms with van der Waals surface area (Å²) in [6.07, 6.45) is 5.39. The van der Waals surface area contributed by atoms with E-state index in [0.717, 1.165) is 38.8 Å². The molecule has 3 nitrogen and oxygen atoms in total. The van der Waals surface area contributed by atoms with Gasteiger partial charge in [-0.15, -0.1) is 0 Å². The van der Waals surface area contributed by atoms with Crippen molar-refractivity contribution < 1.29 is 4.74 Å². The summed E-state index contributed by atoms with van der Waals surface area (Å²) in [5.41, 5.74) is 0. The highest BCUT2D eigenvalue weighted by molar-refractivity contribution is 4.79. The third kappa shape index (κ3) is 5.68. The molecule has 0 saturated carbocycles. The smallest absolute Gasteiger partial charge is 0.0634 e. The minimum absolute atomic E-state index is 0.578. The van der Waals surface area contributed by atoms with Crippen LogP contribution >= 0.6 is 0 Å². The van der Waals surface area contributed by atoms with Crippen molar-refractivity contribution in [3.05, 3.63) is 0 Å². The molecule has 1 saturated heterocycles. The Morgan fingerprint density at radius 3 is 2.83 bits per heavy atom. The number of nitrogens with one attached hydrogen (secondary N) is 1. The minimum atomic E-state index is 0.578. The van der Waals surface area contributed by atoms with Crippen molar-refractivity contribution in [2.24, 2.45) is 5.92 Å². The molecule has 1 fully saturated rings. The standard InChI is InChI=1S/C15H32N2O/c1-4-7-8-14(5-2)12-17-9-10-18-13-15(17)11-16-6-3/h14-16H,4-13H2,1-3H3. The van der Waals surface area contributed by atoms with E-state index in [9.17, 15) is 0 Å². The Morgan fingerprint density at radius 2 is 2.17 bits per heavy atom. The summed E-state index contributed by atoms with van der Waals surface area (Å²) in [6, 6.07) is 0.578. The van der Waals surface area contributed by atoms with E-state index < -0.39 is 0 Å². The molecule has 0 aliphatic carbocycles. The van der Waals surface area contributed by atoms with E-state index in [0.29, 0.717) is 6.04 Å². The second-order valence-electron chi connectivity index (χ2n) is 5.45. The average molecular weight is 256 g/mol. The molecule has 2 unspecified atom stereocenters. The maximum absolute atomic E-state index is 5.62. The molecule has 108 valence electrons. The van der Waals surface area contributed by atoms with Crippen molar-refractivity contribution in [3.63, 3.8) is 0 Å². The molecule has 0 spiro atoms. The highest BCUT2D eigenvalue weighted by atomic mass is 16.5. The fourth-order valence-electron chi connectivity index (χ4n) is 2.68. The number of hydrogen-bond donors (Lipinski definition) is 1. The largest absolute Gasteiger partial charge is 0.378 e. The third-order valence-corrected chi connectivity index (χ3v) is 4.02. The average Bonchev–Trinajstić information content (AvgIpc) is 2.42. The molecule has 1 N–H and O–H groups in total. The van der Waals surface area contributed by atoms with Crippen LogP contribution in [0.15, 0.2) is 0 Å². The molecule has 1 aliphatic heterocycles. The number of unbranched alkanes of at least 4 members (excludes halogenated alkanes) is 1. The lowest BCUT2D eigenvalue weighted by Gasteiger charge is -2.37. The van der Waals surface area contributed by atoms with Crippen molar-refractivity contribution in [3.8, 4) is 0 Å². The zero-order valence-electron chi connectivity index (χ0n) is 12.6. The van der Waals surface area contributed by atoms with Crippen molar-refractivity contribution in [1.29, 1.82) is 0 Å². The van der Waals surface area contributed by atoms with Crippen molar-refractivity contribution >= 4 is 0 Å². The van der Waals surface area contributed by atoms with Crippen LogP contribution in [0.1, 0.15) is 46.5 Å². The molecular weight excluding hydrogens is 224 g/mol. The Morgan fingerprint density at radius 1 is 1.33 bits per heavy atom. The van der Waals surface area contributed by atoms with E-state index in [1.165, 1.54) is 32.2 Å². The topological polar surface area (TPSA) is 24.5 Å². The number of likely N-dealkylation sites (N-methyl/N-ethyl adjacent to an activating group) is 1. The van der Waals surface area contributed by atoms with Crippen LogP contribution in [0.3, 0.4) is 0 Å². The zero-order valence-corrected chi connectivity index (χ0v) is 12.6. The first-order valence-corrected chi connectivity index (χ1v) is 7.84. The SMILES string of the molecule is CCCCC(CC)CN1CCOCC1CNCC. The molecule has 3 heteroatoms. The number of rotatable bonds is 9. The zero-order chi connectivity index (χ0) is 13.2. The molecule has 1 rings (SSSR count). The maximum atomic E-state index is 5.62. The Hall–Kier alpha value is -0.120. The maximum Gasteiger partial charge on any atom is 0.0634 e. The lowest BCUT2D eigenvalue weighted by atomic mass is 9.98. The van der Waals surface area contributed by atoms with Gasteiger partial charge in [0.1, 0.15) is 0 Å². The molecule has 2 atom stereocenters. The van der Waals surface area contributed by atoms with Crippen molar-refractivity contribution in [2.45, 2.75) is 52.5 Å². The van der Waals surface area contributed by atoms with Gasteiger partial charge in [0.25, 0.3) is 0 Å². The first-order valence-electron chi connectivity index (χ1n) is 7.84. The van der Waals surface area contributed by atoms with E-state index in [-0.39, 0.29) is 0 Å². The van der Waals surface area contributed by atoms with Gasteiger partial charge in [-0.2, -0.15) is 0 Å².